The summed E-state index contributed by atoms with van der Waals surface area (Å²) >= 11 is 0. The molecule has 0 aliphatic carbocycles. The van der Waals surface area contributed by atoms with Crippen LogP contribution in [0.2, 0.25) is 0 Å². The van der Waals surface area contributed by atoms with E-state index >= 15 is 0 Å². The summed E-state index contributed by atoms with van der Waals surface area (Å²) in [4.78, 5) is 14.6. The van der Waals surface area contributed by atoms with E-state index in [0.29, 0.717) is 17.1 Å². The zero-order chi connectivity index (χ0) is 21.9. The van der Waals surface area contributed by atoms with Gasteiger partial charge < -0.3 is 19.7 Å². The predicted octanol–water partition coefficient (Wildman–Crippen LogP) is 1.86. The average Bonchev–Trinajstić information content (AvgIpc) is 2.70. The molecule has 1 amide bonds. The highest BCUT2D eigenvalue weighted by molar-refractivity contribution is 7.89. The van der Waals surface area contributed by atoms with Gasteiger partial charge in [0.05, 0.1) is 20.0 Å². The first-order valence-electron chi connectivity index (χ1n) is 9.98. The number of carbonyl (C=O) groups is 1. The van der Waals surface area contributed by atoms with E-state index in [1.807, 2.05) is 6.92 Å². The molecule has 29 heavy (non-hydrogen) atoms. The average molecular weight is 430 g/mol. The van der Waals surface area contributed by atoms with Gasteiger partial charge in [0.25, 0.3) is 5.91 Å². The molecule has 0 aromatic heterocycles. The summed E-state index contributed by atoms with van der Waals surface area (Å²) in [5, 5.41) is 2.63. The first kappa shape index (κ1) is 25.2. The normalized spacial score (nSPS) is 12.6. The molecule has 1 aromatic carbocycles. The lowest BCUT2D eigenvalue weighted by molar-refractivity contribution is 0.0955. The van der Waals surface area contributed by atoms with Crippen LogP contribution in [0, 0.1) is 0 Å². The number of nitrogens with one attached hydrogen (secondary N) is 2. The standard InChI is InChI=1S/C20H35N3O5S/c1-6-23(7-2)11-8-9-16(3)22-29(25,26)12-10-21-20(24)17-13-18(27-4)15-19(14-17)28-5/h13-16,22H,6-12H2,1-5H3,(H,21,24)/t16-/m1/s1. The van der Waals surface area contributed by atoms with Crippen molar-refractivity contribution in [3.63, 3.8) is 0 Å². The maximum absolute atomic E-state index is 12.3. The maximum atomic E-state index is 12.3. The Kier molecular flexibility index (Phi) is 11.0. The van der Waals surface area contributed by atoms with E-state index in [4.69, 9.17) is 9.47 Å². The Morgan fingerprint density at radius 2 is 1.69 bits per heavy atom. The van der Waals surface area contributed by atoms with Gasteiger partial charge in [-0.05, 0) is 51.5 Å². The van der Waals surface area contributed by atoms with Crippen molar-refractivity contribution in [3.05, 3.63) is 23.8 Å². The van der Waals surface area contributed by atoms with Crippen LogP contribution in [-0.4, -0.2) is 71.4 Å². The predicted molar refractivity (Wildman–Crippen MR) is 115 cm³/mol. The molecule has 0 spiro atoms. The third-order valence-corrected chi connectivity index (χ3v) is 6.16. The number of hydrogen-bond donors (Lipinski definition) is 2. The summed E-state index contributed by atoms with van der Waals surface area (Å²) in [6, 6.07) is 4.66. The highest BCUT2D eigenvalue weighted by Crippen LogP contribution is 2.22. The Morgan fingerprint density at radius 1 is 1.10 bits per heavy atom. The lowest BCUT2D eigenvalue weighted by atomic mass is 10.2. The first-order chi connectivity index (χ1) is 13.7. The number of hydrogen-bond acceptors (Lipinski definition) is 6. The molecule has 0 aliphatic heterocycles. The highest BCUT2D eigenvalue weighted by Gasteiger charge is 2.16. The molecule has 1 aromatic rings. The second-order valence-corrected chi connectivity index (χ2v) is 8.74. The van der Waals surface area contributed by atoms with Gasteiger partial charge >= 0.3 is 0 Å². The summed E-state index contributed by atoms with van der Waals surface area (Å²) in [5.41, 5.74) is 0.344. The zero-order valence-electron chi connectivity index (χ0n) is 18.2. The van der Waals surface area contributed by atoms with Crippen LogP contribution in [0.15, 0.2) is 18.2 Å². The van der Waals surface area contributed by atoms with E-state index in [1.54, 1.807) is 18.2 Å². The summed E-state index contributed by atoms with van der Waals surface area (Å²) in [6.07, 6.45) is 1.70. The molecular weight excluding hydrogens is 394 g/mol. The van der Waals surface area contributed by atoms with Crippen LogP contribution in [0.25, 0.3) is 0 Å². The van der Waals surface area contributed by atoms with Gasteiger partial charge in [-0.25, -0.2) is 13.1 Å². The molecule has 166 valence electrons. The van der Waals surface area contributed by atoms with Crippen molar-refractivity contribution in [1.82, 2.24) is 14.9 Å². The number of amides is 1. The molecule has 1 rings (SSSR count). The van der Waals surface area contributed by atoms with Crippen LogP contribution < -0.4 is 19.5 Å². The molecule has 9 heteroatoms. The third-order valence-electron chi connectivity index (χ3n) is 4.66. The van der Waals surface area contributed by atoms with Gasteiger partial charge in [0.1, 0.15) is 11.5 Å². The SMILES string of the molecule is CCN(CC)CCC[C@@H](C)NS(=O)(=O)CCNC(=O)c1cc(OC)cc(OC)c1. The van der Waals surface area contributed by atoms with Gasteiger partial charge in [0.2, 0.25) is 10.0 Å². The Bertz CT molecular complexity index is 713. The molecule has 8 nitrogen and oxygen atoms in total. The first-order valence-corrected chi connectivity index (χ1v) is 11.6. The highest BCUT2D eigenvalue weighted by atomic mass is 32.2. The molecule has 1 atom stereocenters. The van der Waals surface area contributed by atoms with Gasteiger partial charge in [-0.1, -0.05) is 13.8 Å². The molecule has 0 unspecified atom stereocenters. The van der Waals surface area contributed by atoms with Gasteiger partial charge in [-0.2, -0.15) is 0 Å². The topological polar surface area (TPSA) is 97.0 Å². The fourth-order valence-corrected chi connectivity index (χ4v) is 4.14. The van der Waals surface area contributed by atoms with Crippen molar-refractivity contribution in [3.8, 4) is 11.5 Å². The number of methoxy groups -OCH3 is 2. The monoisotopic (exact) mass is 429 g/mol. The molecule has 0 bridgehead atoms. The van der Waals surface area contributed by atoms with Gasteiger partial charge in [0.15, 0.2) is 0 Å². The minimum atomic E-state index is -3.47. The van der Waals surface area contributed by atoms with Crippen LogP contribution in [0.5, 0.6) is 11.5 Å². The number of carbonyl (C=O) groups excluding carboxylic acids is 1. The summed E-state index contributed by atoms with van der Waals surface area (Å²) in [5.74, 6) is 0.412. The lowest BCUT2D eigenvalue weighted by Crippen LogP contribution is -2.38. The summed E-state index contributed by atoms with van der Waals surface area (Å²) in [7, 11) is -0.478. The molecule has 0 aliphatic rings. The van der Waals surface area contributed by atoms with Crippen LogP contribution in [-0.2, 0) is 10.0 Å². The third kappa shape index (κ3) is 9.47. The Hall–Kier alpha value is -1.84. The number of ether oxygens (including phenoxy) is 2. The second kappa shape index (κ2) is 12.7. The summed E-state index contributed by atoms with van der Waals surface area (Å²) in [6.45, 7) is 9.06. The summed E-state index contributed by atoms with van der Waals surface area (Å²) < 4.78 is 37.5. The Balaban J connectivity index is 2.46. The minimum absolute atomic E-state index is 0.0137. The van der Waals surface area contributed by atoms with Crippen molar-refractivity contribution < 1.29 is 22.7 Å². The number of nitrogens with zero attached hydrogens (tertiary/aromatic N) is 1. The Labute approximate surface area is 175 Å². The second-order valence-electron chi connectivity index (χ2n) is 6.86. The van der Waals surface area contributed by atoms with E-state index in [9.17, 15) is 13.2 Å². The minimum Gasteiger partial charge on any atom is -0.497 e. The molecular formula is C20H35N3O5S. The quantitative estimate of drug-likeness (QED) is 0.469. The van der Waals surface area contributed by atoms with Crippen molar-refractivity contribution >= 4 is 15.9 Å². The van der Waals surface area contributed by atoms with Crippen molar-refractivity contribution in [2.24, 2.45) is 0 Å². The zero-order valence-corrected chi connectivity index (χ0v) is 19.0. The molecule has 0 radical (unpaired) electrons. The number of sulfonamides is 1. The lowest BCUT2D eigenvalue weighted by Gasteiger charge is -2.19. The van der Waals surface area contributed by atoms with Crippen molar-refractivity contribution in [2.75, 3.05) is 46.2 Å². The van der Waals surface area contributed by atoms with Gasteiger partial charge in [-0.3, -0.25) is 4.79 Å². The van der Waals surface area contributed by atoms with E-state index in [2.05, 4.69) is 28.8 Å². The molecule has 0 heterocycles. The van der Waals surface area contributed by atoms with E-state index in [0.717, 1.165) is 32.5 Å². The fraction of sp³-hybridized carbons (Fsp3) is 0.650. The van der Waals surface area contributed by atoms with Crippen molar-refractivity contribution in [1.29, 1.82) is 0 Å². The van der Waals surface area contributed by atoms with Gasteiger partial charge in [-0.15, -0.1) is 0 Å². The van der Waals surface area contributed by atoms with Crippen LogP contribution in [0.4, 0.5) is 0 Å². The smallest absolute Gasteiger partial charge is 0.251 e. The van der Waals surface area contributed by atoms with Crippen LogP contribution in [0.1, 0.15) is 44.0 Å². The van der Waals surface area contributed by atoms with E-state index in [1.165, 1.54) is 14.2 Å². The molecule has 0 fully saturated rings. The van der Waals surface area contributed by atoms with E-state index in [-0.39, 0.29) is 24.2 Å². The molecule has 0 saturated heterocycles. The van der Waals surface area contributed by atoms with Gasteiger partial charge in [0, 0.05) is 24.2 Å². The maximum Gasteiger partial charge on any atom is 0.251 e. The molecule has 0 saturated carbocycles. The van der Waals surface area contributed by atoms with Crippen molar-refractivity contribution in [2.45, 2.75) is 39.7 Å². The van der Waals surface area contributed by atoms with E-state index < -0.39 is 10.0 Å². The molecule has 2 N–H and O–H groups in total. The van der Waals surface area contributed by atoms with Crippen LogP contribution in [0.3, 0.4) is 0 Å². The largest absolute Gasteiger partial charge is 0.497 e. The number of rotatable bonds is 14. The number of benzene rings is 1. The van der Waals surface area contributed by atoms with Crippen LogP contribution >= 0.6 is 0 Å². The Morgan fingerprint density at radius 3 is 2.21 bits per heavy atom. The fourth-order valence-electron chi connectivity index (χ4n) is 2.92.